The number of likely N-dealkylation sites (N-methyl/N-ethyl adjacent to an activating group) is 1. The van der Waals surface area contributed by atoms with Crippen molar-refractivity contribution in [2.45, 2.75) is 19.0 Å². The molecular weight excluding hydrogens is 267 g/mol. The largest absolute Gasteiger partial charge is 0.358 e. The van der Waals surface area contributed by atoms with Gasteiger partial charge in [-0.3, -0.25) is 10.1 Å². The highest BCUT2D eigenvalue weighted by atomic mass is 19.1. The number of amides is 1. The summed E-state index contributed by atoms with van der Waals surface area (Å²) in [5, 5.41) is 5.91. The van der Waals surface area contributed by atoms with E-state index in [1.807, 2.05) is 30.3 Å². The van der Waals surface area contributed by atoms with Gasteiger partial charge in [0, 0.05) is 7.05 Å². The molecule has 2 atom stereocenters. The lowest BCUT2D eigenvalue weighted by atomic mass is 9.98. The van der Waals surface area contributed by atoms with Gasteiger partial charge >= 0.3 is 0 Å². The Hall–Kier alpha value is -2.20. The molecule has 0 fully saturated rings. The summed E-state index contributed by atoms with van der Waals surface area (Å²) in [5.74, 6) is -0.358. The van der Waals surface area contributed by atoms with Crippen molar-refractivity contribution in [3.8, 4) is 0 Å². The van der Waals surface area contributed by atoms with E-state index in [-0.39, 0.29) is 23.8 Å². The van der Waals surface area contributed by atoms with E-state index in [1.165, 1.54) is 12.1 Å². The molecule has 0 spiro atoms. The van der Waals surface area contributed by atoms with Gasteiger partial charge in [0.05, 0.1) is 12.1 Å². The molecule has 0 bridgehead atoms. The lowest BCUT2D eigenvalue weighted by molar-refractivity contribution is -0.122. The smallest absolute Gasteiger partial charge is 0.236 e. The lowest BCUT2D eigenvalue weighted by Crippen LogP contribution is -2.42. The molecule has 0 saturated carbocycles. The molecule has 2 N–H and O–H groups in total. The molecule has 0 aliphatic heterocycles. The first kappa shape index (κ1) is 15.2. The van der Waals surface area contributed by atoms with Gasteiger partial charge in [0.2, 0.25) is 5.91 Å². The molecule has 0 saturated heterocycles. The standard InChI is InChI=1S/C17H19FN2O/c1-12(17(21)19-2)20-16(13-6-4-3-5-7-13)14-8-10-15(18)11-9-14/h3-12,16,20H,1-2H3,(H,19,21). The Kier molecular flexibility index (Phi) is 5.06. The summed E-state index contributed by atoms with van der Waals surface area (Å²) in [6, 6.07) is 15.6. The summed E-state index contributed by atoms with van der Waals surface area (Å²) in [5.41, 5.74) is 1.94. The van der Waals surface area contributed by atoms with Crippen LogP contribution in [0.3, 0.4) is 0 Å². The third-order valence-electron chi connectivity index (χ3n) is 3.39. The first-order valence-corrected chi connectivity index (χ1v) is 6.90. The Bertz CT molecular complexity index is 583. The van der Waals surface area contributed by atoms with E-state index in [4.69, 9.17) is 0 Å². The van der Waals surface area contributed by atoms with Crippen molar-refractivity contribution in [3.63, 3.8) is 0 Å². The van der Waals surface area contributed by atoms with Crippen LogP contribution in [-0.4, -0.2) is 19.0 Å². The predicted octanol–water partition coefficient (Wildman–Crippen LogP) is 2.64. The van der Waals surface area contributed by atoms with Crippen LogP contribution in [0.25, 0.3) is 0 Å². The average Bonchev–Trinajstić information content (AvgIpc) is 2.53. The normalized spacial score (nSPS) is 13.5. The zero-order valence-electron chi connectivity index (χ0n) is 12.1. The summed E-state index contributed by atoms with van der Waals surface area (Å²) >= 11 is 0. The Morgan fingerprint density at radius 1 is 1.00 bits per heavy atom. The van der Waals surface area contributed by atoms with Gasteiger partial charge in [0.1, 0.15) is 5.82 Å². The first-order valence-electron chi connectivity index (χ1n) is 6.90. The lowest BCUT2D eigenvalue weighted by Gasteiger charge is -2.23. The number of nitrogens with one attached hydrogen (secondary N) is 2. The van der Waals surface area contributed by atoms with Crippen molar-refractivity contribution < 1.29 is 9.18 Å². The zero-order chi connectivity index (χ0) is 15.2. The van der Waals surface area contributed by atoms with Crippen LogP contribution in [0.1, 0.15) is 24.1 Å². The number of rotatable bonds is 5. The molecule has 1 amide bonds. The molecule has 110 valence electrons. The molecule has 21 heavy (non-hydrogen) atoms. The van der Waals surface area contributed by atoms with Crippen LogP contribution in [0.5, 0.6) is 0 Å². The van der Waals surface area contributed by atoms with Gasteiger partial charge in [0.15, 0.2) is 0 Å². The van der Waals surface area contributed by atoms with E-state index in [0.29, 0.717) is 0 Å². The van der Waals surface area contributed by atoms with Crippen LogP contribution >= 0.6 is 0 Å². The van der Waals surface area contributed by atoms with Crippen molar-refractivity contribution in [2.24, 2.45) is 0 Å². The average molecular weight is 286 g/mol. The minimum Gasteiger partial charge on any atom is -0.358 e. The number of halogens is 1. The number of hydrogen-bond donors (Lipinski definition) is 2. The Balaban J connectivity index is 2.31. The predicted molar refractivity (Wildman–Crippen MR) is 81.3 cm³/mol. The van der Waals surface area contributed by atoms with Gasteiger partial charge in [-0.2, -0.15) is 0 Å². The molecular formula is C17H19FN2O. The summed E-state index contributed by atoms with van der Waals surface area (Å²) in [6.45, 7) is 1.80. The van der Waals surface area contributed by atoms with Gasteiger partial charge in [-0.25, -0.2) is 4.39 Å². The Labute approximate surface area is 124 Å². The van der Waals surface area contributed by atoms with E-state index < -0.39 is 0 Å². The second-order valence-electron chi connectivity index (χ2n) is 4.90. The third kappa shape index (κ3) is 3.89. The third-order valence-corrected chi connectivity index (χ3v) is 3.39. The number of carbonyl (C=O) groups is 1. The molecule has 4 heteroatoms. The molecule has 2 rings (SSSR count). The fraction of sp³-hybridized carbons (Fsp3) is 0.235. The molecule has 3 nitrogen and oxygen atoms in total. The molecule has 0 aliphatic carbocycles. The minimum absolute atomic E-state index is 0.0851. The van der Waals surface area contributed by atoms with Crippen molar-refractivity contribution in [2.75, 3.05) is 7.05 Å². The van der Waals surface area contributed by atoms with Crippen LogP contribution in [0.2, 0.25) is 0 Å². The molecule has 0 aliphatic rings. The highest BCUT2D eigenvalue weighted by Crippen LogP contribution is 2.22. The summed E-state index contributed by atoms with van der Waals surface area (Å²) in [4.78, 5) is 11.7. The van der Waals surface area contributed by atoms with Crippen LogP contribution in [0.4, 0.5) is 4.39 Å². The van der Waals surface area contributed by atoms with Crippen molar-refractivity contribution in [1.82, 2.24) is 10.6 Å². The second kappa shape index (κ2) is 6.99. The Morgan fingerprint density at radius 3 is 2.14 bits per heavy atom. The monoisotopic (exact) mass is 286 g/mol. The number of benzene rings is 2. The van der Waals surface area contributed by atoms with E-state index in [9.17, 15) is 9.18 Å². The van der Waals surface area contributed by atoms with E-state index in [2.05, 4.69) is 10.6 Å². The van der Waals surface area contributed by atoms with Crippen LogP contribution in [0, 0.1) is 5.82 Å². The number of hydrogen-bond acceptors (Lipinski definition) is 2. The maximum atomic E-state index is 13.1. The highest BCUT2D eigenvalue weighted by Gasteiger charge is 2.19. The molecule has 2 aromatic rings. The highest BCUT2D eigenvalue weighted by molar-refractivity contribution is 5.81. The molecule has 2 unspecified atom stereocenters. The minimum atomic E-state index is -0.356. The van der Waals surface area contributed by atoms with Crippen molar-refractivity contribution >= 4 is 5.91 Å². The van der Waals surface area contributed by atoms with Crippen LogP contribution in [0.15, 0.2) is 54.6 Å². The van der Waals surface area contributed by atoms with E-state index in [0.717, 1.165) is 11.1 Å². The summed E-state index contributed by atoms with van der Waals surface area (Å²) in [6.07, 6.45) is 0. The van der Waals surface area contributed by atoms with Crippen molar-refractivity contribution in [3.05, 3.63) is 71.5 Å². The van der Waals surface area contributed by atoms with Gasteiger partial charge < -0.3 is 5.32 Å². The topological polar surface area (TPSA) is 41.1 Å². The maximum Gasteiger partial charge on any atom is 0.236 e. The van der Waals surface area contributed by atoms with Crippen molar-refractivity contribution in [1.29, 1.82) is 0 Å². The maximum absolute atomic E-state index is 13.1. The second-order valence-corrected chi connectivity index (χ2v) is 4.90. The quantitative estimate of drug-likeness (QED) is 0.887. The first-order chi connectivity index (χ1) is 10.1. The van der Waals surface area contributed by atoms with Gasteiger partial charge in [-0.15, -0.1) is 0 Å². The molecule has 0 radical (unpaired) electrons. The summed E-state index contributed by atoms with van der Waals surface area (Å²) < 4.78 is 13.1. The van der Waals surface area contributed by atoms with E-state index in [1.54, 1.807) is 26.1 Å². The fourth-order valence-corrected chi connectivity index (χ4v) is 2.23. The van der Waals surface area contributed by atoms with Crippen LogP contribution < -0.4 is 10.6 Å². The molecule has 2 aromatic carbocycles. The van der Waals surface area contributed by atoms with Gasteiger partial charge in [0.25, 0.3) is 0 Å². The SMILES string of the molecule is CNC(=O)C(C)NC(c1ccccc1)c1ccc(F)cc1. The molecule has 0 heterocycles. The zero-order valence-corrected chi connectivity index (χ0v) is 12.1. The number of carbonyl (C=O) groups excluding carboxylic acids is 1. The van der Waals surface area contributed by atoms with Gasteiger partial charge in [-0.05, 0) is 30.2 Å². The fourth-order valence-electron chi connectivity index (χ4n) is 2.23. The van der Waals surface area contributed by atoms with E-state index >= 15 is 0 Å². The summed E-state index contributed by atoms with van der Waals surface area (Å²) in [7, 11) is 1.61. The van der Waals surface area contributed by atoms with Gasteiger partial charge in [-0.1, -0.05) is 42.5 Å². The Morgan fingerprint density at radius 2 is 1.57 bits per heavy atom. The molecule has 0 aromatic heterocycles. The van der Waals surface area contributed by atoms with Crippen LogP contribution in [-0.2, 0) is 4.79 Å².